The lowest BCUT2D eigenvalue weighted by atomic mass is 9.92. The first-order chi connectivity index (χ1) is 9.33. The molecule has 0 spiro atoms. The molecule has 0 saturated carbocycles. The molecule has 2 atom stereocenters. The number of aliphatic hydroxyl groups is 1. The molecule has 0 fully saturated rings. The van der Waals surface area contributed by atoms with Crippen LogP contribution in [-0.4, -0.2) is 17.8 Å². The molecule has 19 heavy (non-hydrogen) atoms. The van der Waals surface area contributed by atoms with Crippen LogP contribution in [0.25, 0.3) is 0 Å². The fourth-order valence-electron chi connectivity index (χ4n) is 2.71. The van der Waals surface area contributed by atoms with E-state index in [-0.39, 0.29) is 12.2 Å². The van der Waals surface area contributed by atoms with Crippen LogP contribution in [0, 0.1) is 0 Å². The number of rotatable bonds is 7. The predicted molar refractivity (Wildman–Crippen MR) is 78.1 cm³/mol. The number of unbranched alkanes of at least 4 members (excludes halogenated alkanes) is 3. The Morgan fingerprint density at radius 1 is 1.32 bits per heavy atom. The van der Waals surface area contributed by atoms with Crippen molar-refractivity contribution in [1.82, 2.24) is 0 Å². The Balaban J connectivity index is 1.86. The van der Waals surface area contributed by atoms with E-state index in [9.17, 15) is 5.11 Å². The highest BCUT2D eigenvalue weighted by atomic mass is 16.5. The second-order valence-corrected chi connectivity index (χ2v) is 5.23. The van der Waals surface area contributed by atoms with Crippen LogP contribution in [0.15, 0.2) is 36.9 Å². The molecule has 2 heteroatoms. The van der Waals surface area contributed by atoms with Gasteiger partial charge in [-0.1, -0.05) is 43.2 Å². The summed E-state index contributed by atoms with van der Waals surface area (Å²) in [7, 11) is 0. The van der Waals surface area contributed by atoms with Gasteiger partial charge in [-0.3, -0.25) is 0 Å². The molecule has 2 nitrogen and oxygen atoms in total. The van der Waals surface area contributed by atoms with E-state index in [0.29, 0.717) is 0 Å². The van der Waals surface area contributed by atoms with Gasteiger partial charge in [0.05, 0.1) is 12.7 Å². The maximum absolute atomic E-state index is 10.3. The Morgan fingerprint density at radius 2 is 2.16 bits per heavy atom. The van der Waals surface area contributed by atoms with Gasteiger partial charge in [-0.05, 0) is 36.8 Å². The molecular formula is C17H24O2. The second-order valence-electron chi connectivity index (χ2n) is 5.23. The molecule has 2 rings (SSSR count). The van der Waals surface area contributed by atoms with Gasteiger partial charge in [0.15, 0.2) is 0 Å². The lowest BCUT2D eigenvalue weighted by Crippen LogP contribution is -2.27. The second kappa shape index (κ2) is 7.46. The van der Waals surface area contributed by atoms with Crippen LogP contribution in [0.3, 0.4) is 0 Å². The Labute approximate surface area is 116 Å². The molecule has 0 amide bonds. The van der Waals surface area contributed by atoms with Gasteiger partial charge in [0.25, 0.3) is 0 Å². The molecule has 1 aliphatic heterocycles. The molecule has 0 saturated heterocycles. The van der Waals surface area contributed by atoms with Crippen LogP contribution >= 0.6 is 0 Å². The van der Waals surface area contributed by atoms with E-state index in [0.717, 1.165) is 38.7 Å². The molecule has 0 aliphatic carbocycles. The van der Waals surface area contributed by atoms with Crippen molar-refractivity contribution >= 4 is 0 Å². The number of fused-ring (bicyclic) bond motifs is 1. The minimum absolute atomic E-state index is 0.135. The minimum Gasteiger partial charge on any atom is -0.390 e. The van der Waals surface area contributed by atoms with Crippen LogP contribution in [0.2, 0.25) is 0 Å². The fraction of sp³-hybridized carbons (Fsp3) is 0.529. The van der Waals surface area contributed by atoms with Crippen molar-refractivity contribution in [1.29, 1.82) is 0 Å². The molecule has 1 heterocycles. The fourth-order valence-corrected chi connectivity index (χ4v) is 2.71. The molecule has 1 aromatic carbocycles. The van der Waals surface area contributed by atoms with E-state index in [1.165, 1.54) is 17.5 Å². The summed E-state index contributed by atoms with van der Waals surface area (Å²) in [5, 5.41) is 10.3. The summed E-state index contributed by atoms with van der Waals surface area (Å²) in [5.41, 5.74) is 2.50. The number of ether oxygens (including phenoxy) is 1. The number of hydrogen-bond donors (Lipinski definition) is 1. The Kier molecular flexibility index (Phi) is 5.62. The van der Waals surface area contributed by atoms with Crippen molar-refractivity contribution in [3.8, 4) is 0 Å². The molecule has 0 bridgehead atoms. The van der Waals surface area contributed by atoms with Gasteiger partial charge in [0.2, 0.25) is 0 Å². The lowest BCUT2D eigenvalue weighted by Gasteiger charge is -2.29. The highest BCUT2D eigenvalue weighted by Gasteiger charge is 2.26. The summed E-state index contributed by atoms with van der Waals surface area (Å²) in [6.07, 6.45) is 7.65. The van der Waals surface area contributed by atoms with Crippen LogP contribution in [0.5, 0.6) is 0 Å². The molecule has 1 aromatic rings. The first kappa shape index (κ1) is 14.3. The van der Waals surface area contributed by atoms with Crippen molar-refractivity contribution in [3.63, 3.8) is 0 Å². The lowest BCUT2D eigenvalue weighted by molar-refractivity contribution is -0.0503. The van der Waals surface area contributed by atoms with E-state index in [1.54, 1.807) is 0 Å². The third-order valence-electron chi connectivity index (χ3n) is 3.79. The van der Waals surface area contributed by atoms with Gasteiger partial charge in [-0.15, -0.1) is 6.58 Å². The summed E-state index contributed by atoms with van der Waals surface area (Å²) in [6, 6.07) is 8.31. The van der Waals surface area contributed by atoms with E-state index >= 15 is 0 Å². The van der Waals surface area contributed by atoms with Crippen molar-refractivity contribution in [3.05, 3.63) is 48.0 Å². The van der Waals surface area contributed by atoms with Crippen molar-refractivity contribution in [2.24, 2.45) is 0 Å². The molecule has 0 radical (unpaired) electrons. The molecule has 2 unspecified atom stereocenters. The minimum atomic E-state index is -0.384. The maximum atomic E-state index is 10.3. The highest BCUT2D eigenvalue weighted by Crippen LogP contribution is 2.31. The first-order valence-electron chi connectivity index (χ1n) is 7.31. The van der Waals surface area contributed by atoms with Crippen molar-refractivity contribution < 1.29 is 9.84 Å². The summed E-state index contributed by atoms with van der Waals surface area (Å²) in [4.78, 5) is 0. The zero-order valence-corrected chi connectivity index (χ0v) is 11.6. The normalized spacial score (nSPS) is 19.7. The maximum Gasteiger partial charge on any atom is 0.109 e. The van der Waals surface area contributed by atoms with Crippen LogP contribution in [-0.2, 0) is 11.2 Å². The van der Waals surface area contributed by atoms with Crippen LogP contribution < -0.4 is 0 Å². The predicted octanol–water partition coefficient (Wildman–Crippen LogP) is 3.80. The van der Waals surface area contributed by atoms with Crippen molar-refractivity contribution in [2.75, 3.05) is 6.61 Å². The van der Waals surface area contributed by atoms with E-state index < -0.39 is 0 Å². The Morgan fingerprint density at radius 3 is 3.00 bits per heavy atom. The third kappa shape index (κ3) is 3.92. The average Bonchev–Trinajstić information content (AvgIpc) is 2.46. The standard InChI is InChI=1S/C17H24O2/c1-2-3-4-5-6-11-16(18)17-15-10-8-7-9-14(15)12-13-19-17/h2,7-10,16-18H,1,3-6,11-13H2. The molecule has 1 N–H and O–H groups in total. The topological polar surface area (TPSA) is 29.5 Å². The van der Waals surface area contributed by atoms with Gasteiger partial charge in [-0.25, -0.2) is 0 Å². The summed E-state index contributed by atoms with van der Waals surface area (Å²) in [5.74, 6) is 0. The number of benzene rings is 1. The zero-order valence-electron chi connectivity index (χ0n) is 11.6. The monoisotopic (exact) mass is 260 g/mol. The SMILES string of the molecule is C=CCCCCCC(O)C1OCCc2ccccc21. The van der Waals surface area contributed by atoms with Gasteiger partial charge in [-0.2, -0.15) is 0 Å². The summed E-state index contributed by atoms with van der Waals surface area (Å²) < 4.78 is 5.78. The van der Waals surface area contributed by atoms with Gasteiger partial charge in [0, 0.05) is 0 Å². The molecule has 104 valence electrons. The van der Waals surface area contributed by atoms with Crippen LogP contribution in [0.1, 0.15) is 49.3 Å². The third-order valence-corrected chi connectivity index (χ3v) is 3.79. The zero-order chi connectivity index (χ0) is 13.5. The Bertz CT molecular complexity index is 400. The highest BCUT2D eigenvalue weighted by molar-refractivity contribution is 5.31. The largest absolute Gasteiger partial charge is 0.390 e. The van der Waals surface area contributed by atoms with E-state index in [4.69, 9.17) is 4.74 Å². The smallest absolute Gasteiger partial charge is 0.109 e. The number of hydrogen-bond acceptors (Lipinski definition) is 2. The van der Waals surface area contributed by atoms with E-state index in [1.807, 2.05) is 12.1 Å². The summed E-state index contributed by atoms with van der Waals surface area (Å²) >= 11 is 0. The van der Waals surface area contributed by atoms with E-state index in [2.05, 4.69) is 24.8 Å². The van der Waals surface area contributed by atoms with Crippen molar-refractivity contribution in [2.45, 2.75) is 50.7 Å². The van der Waals surface area contributed by atoms with Gasteiger partial charge < -0.3 is 9.84 Å². The molecular weight excluding hydrogens is 236 g/mol. The van der Waals surface area contributed by atoms with Gasteiger partial charge in [0.1, 0.15) is 6.10 Å². The Hall–Kier alpha value is -1.12. The van der Waals surface area contributed by atoms with Crippen LogP contribution in [0.4, 0.5) is 0 Å². The summed E-state index contributed by atoms with van der Waals surface area (Å²) in [6.45, 7) is 4.44. The number of aliphatic hydroxyl groups excluding tert-OH is 1. The number of allylic oxidation sites excluding steroid dienone is 1. The quantitative estimate of drug-likeness (QED) is 0.597. The first-order valence-corrected chi connectivity index (χ1v) is 7.31. The van der Waals surface area contributed by atoms with Gasteiger partial charge >= 0.3 is 0 Å². The average molecular weight is 260 g/mol. The molecule has 1 aliphatic rings. The molecule has 0 aromatic heterocycles.